The van der Waals surface area contributed by atoms with Gasteiger partial charge < -0.3 is 5.32 Å². The summed E-state index contributed by atoms with van der Waals surface area (Å²) in [4.78, 5) is 0. The maximum absolute atomic E-state index is 13.8. The highest BCUT2D eigenvalue weighted by Gasteiger charge is 2.20. The van der Waals surface area contributed by atoms with E-state index in [4.69, 9.17) is 11.6 Å². The Morgan fingerprint density at radius 2 is 2.22 bits per heavy atom. The highest BCUT2D eigenvalue weighted by Crippen LogP contribution is 2.23. The average Bonchev–Trinajstić information content (AvgIpc) is 3.13. The third-order valence-electron chi connectivity index (χ3n) is 3.24. The van der Waals surface area contributed by atoms with Crippen LogP contribution in [-0.4, -0.2) is 12.6 Å². The fraction of sp³-hybridized carbons (Fsp3) is 0.467. The zero-order chi connectivity index (χ0) is 13.1. The van der Waals surface area contributed by atoms with E-state index in [1.807, 2.05) is 6.08 Å². The van der Waals surface area contributed by atoms with Crippen molar-refractivity contribution < 1.29 is 4.39 Å². The SMILES string of the molecule is CC(C)/C(=C/c1cccc(Cl)c1F)CNC1CC1. The fourth-order valence-electron chi connectivity index (χ4n) is 1.80. The first kappa shape index (κ1) is 13.6. The molecule has 1 aliphatic carbocycles. The molecule has 2 rings (SSSR count). The molecular formula is C15H19ClFN. The molecule has 0 spiro atoms. The summed E-state index contributed by atoms with van der Waals surface area (Å²) in [5, 5.41) is 3.65. The first-order chi connectivity index (χ1) is 8.58. The van der Waals surface area contributed by atoms with Gasteiger partial charge in [-0.1, -0.05) is 49.2 Å². The summed E-state index contributed by atoms with van der Waals surface area (Å²) in [7, 11) is 0. The predicted molar refractivity (Wildman–Crippen MR) is 75.2 cm³/mol. The Morgan fingerprint density at radius 1 is 1.50 bits per heavy atom. The molecule has 1 aromatic carbocycles. The number of rotatable bonds is 5. The van der Waals surface area contributed by atoms with E-state index in [0.717, 1.165) is 6.54 Å². The summed E-state index contributed by atoms with van der Waals surface area (Å²) in [6.07, 6.45) is 4.44. The van der Waals surface area contributed by atoms with Gasteiger partial charge >= 0.3 is 0 Å². The normalized spacial score (nSPS) is 16.4. The summed E-state index contributed by atoms with van der Waals surface area (Å²) in [6.45, 7) is 5.08. The van der Waals surface area contributed by atoms with E-state index in [0.29, 0.717) is 17.5 Å². The van der Waals surface area contributed by atoms with Gasteiger partial charge in [0.25, 0.3) is 0 Å². The minimum atomic E-state index is -0.330. The molecular weight excluding hydrogens is 249 g/mol. The van der Waals surface area contributed by atoms with Gasteiger partial charge in [-0.25, -0.2) is 4.39 Å². The second kappa shape index (κ2) is 5.85. The molecule has 3 heteroatoms. The molecule has 0 bridgehead atoms. The van der Waals surface area contributed by atoms with Gasteiger partial charge in [0.05, 0.1) is 5.02 Å². The summed E-state index contributed by atoms with van der Waals surface area (Å²) >= 11 is 5.79. The lowest BCUT2D eigenvalue weighted by Gasteiger charge is -2.13. The van der Waals surface area contributed by atoms with Gasteiger partial charge in [0.1, 0.15) is 5.82 Å². The zero-order valence-corrected chi connectivity index (χ0v) is 11.6. The van der Waals surface area contributed by atoms with Gasteiger partial charge in [-0.2, -0.15) is 0 Å². The fourth-order valence-corrected chi connectivity index (χ4v) is 1.99. The van der Waals surface area contributed by atoms with Crippen LogP contribution in [0.3, 0.4) is 0 Å². The van der Waals surface area contributed by atoms with Crippen LogP contribution in [0.25, 0.3) is 6.08 Å². The van der Waals surface area contributed by atoms with Gasteiger partial charge in [-0.15, -0.1) is 0 Å². The van der Waals surface area contributed by atoms with Crippen molar-refractivity contribution in [2.24, 2.45) is 5.92 Å². The van der Waals surface area contributed by atoms with Crippen molar-refractivity contribution in [2.75, 3.05) is 6.54 Å². The van der Waals surface area contributed by atoms with Crippen molar-refractivity contribution in [1.29, 1.82) is 0 Å². The molecule has 1 N–H and O–H groups in total. The third-order valence-corrected chi connectivity index (χ3v) is 3.53. The maximum atomic E-state index is 13.8. The number of hydrogen-bond acceptors (Lipinski definition) is 1. The smallest absolute Gasteiger partial charge is 0.148 e. The molecule has 98 valence electrons. The molecule has 0 amide bonds. The van der Waals surface area contributed by atoms with Crippen molar-refractivity contribution in [1.82, 2.24) is 5.32 Å². The van der Waals surface area contributed by atoms with Crippen molar-refractivity contribution in [2.45, 2.75) is 32.7 Å². The highest BCUT2D eigenvalue weighted by atomic mass is 35.5. The minimum Gasteiger partial charge on any atom is -0.310 e. The van der Waals surface area contributed by atoms with Gasteiger partial charge in [0.15, 0.2) is 0 Å². The zero-order valence-electron chi connectivity index (χ0n) is 10.8. The first-order valence-corrected chi connectivity index (χ1v) is 6.83. The second-order valence-electron chi connectivity index (χ2n) is 5.17. The second-order valence-corrected chi connectivity index (χ2v) is 5.58. The Kier molecular flexibility index (Phi) is 4.41. The average molecular weight is 268 g/mol. The van der Waals surface area contributed by atoms with Crippen LogP contribution in [0.1, 0.15) is 32.3 Å². The number of nitrogens with one attached hydrogen (secondary N) is 1. The van der Waals surface area contributed by atoms with E-state index in [-0.39, 0.29) is 10.8 Å². The number of benzene rings is 1. The summed E-state index contributed by atoms with van der Waals surface area (Å²) in [5.74, 6) is 0.0679. The van der Waals surface area contributed by atoms with Crippen LogP contribution in [0.15, 0.2) is 23.8 Å². The van der Waals surface area contributed by atoms with Crippen LogP contribution < -0.4 is 5.32 Å². The Balaban J connectivity index is 2.16. The molecule has 0 unspecified atom stereocenters. The van der Waals surface area contributed by atoms with Crippen LogP contribution >= 0.6 is 11.6 Å². The van der Waals surface area contributed by atoms with E-state index in [2.05, 4.69) is 19.2 Å². The van der Waals surface area contributed by atoms with Crippen molar-refractivity contribution >= 4 is 17.7 Å². The van der Waals surface area contributed by atoms with Crippen molar-refractivity contribution in [3.8, 4) is 0 Å². The largest absolute Gasteiger partial charge is 0.310 e. The monoisotopic (exact) mass is 267 g/mol. The van der Waals surface area contributed by atoms with Crippen LogP contribution in [0.5, 0.6) is 0 Å². The first-order valence-electron chi connectivity index (χ1n) is 6.45. The van der Waals surface area contributed by atoms with Crippen molar-refractivity contribution in [3.63, 3.8) is 0 Å². The predicted octanol–water partition coefficient (Wildman–Crippen LogP) is 4.27. The molecule has 0 aliphatic heterocycles. The molecule has 0 radical (unpaired) electrons. The molecule has 0 saturated heterocycles. The van der Waals surface area contributed by atoms with Gasteiger partial charge in [-0.05, 0) is 24.8 Å². The third kappa shape index (κ3) is 3.56. The number of halogens is 2. The summed E-state index contributed by atoms with van der Waals surface area (Å²) < 4.78 is 13.8. The van der Waals surface area contributed by atoms with Crippen LogP contribution in [0.4, 0.5) is 4.39 Å². The Bertz CT molecular complexity index is 450. The number of hydrogen-bond donors (Lipinski definition) is 1. The van der Waals surface area contributed by atoms with E-state index in [1.54, 1.807) is 18.2 Å². The molecule has 1 nitrogen and oxygen atoms in total. The lowest BCUT2D eigenvalue weighted by Crippen LogP contribution is -2.21. The maximum Gasteiger partial charge on any atom is 0.148 e. The molecule has 0 aromatic heterocycles. The van der Waals surface area contributed by atoms with E-state index in [1.165, 1.54) is 18.4 Å². The molecule has 1 aliphatic rings. The lowest BCUT2D eigenvalue weighted by atomic mass is 10.00. The van der Waals surface area contributed by atoms with Gasteiger partial charge in [0.2, 0.25) is 0 Å². The van der Waals surface area contributed by atoms with Crippen LogP contribution in [-0.2, 0) is 0 Å². The van der Waals surface area contributed by atoms with E-state index in [9.17, 15) is 4.39 Å². The standard InChI is InChI=1S/C15H19ClFN/c1-10(2)12(9-18-13-6-7-13)8-11-4-3-5-14(16)15(11)17/h3-5,8,10,13,18H,6-7,9H2,1-2H3/b12-8+. The molecule has 1 aromatic rings. The summed E-state index contributed by atoms with van der Waals surface area (Å²) in [6, 6.07) is 5.78. The Hall–Kier alpha value is -0.860. The molecule has 1 fully saturated rings. The van der Waals surface area contributed by atoms with Crippen LogP contribution in [0.2, 0.25) is 5.02 Å². The van der Waals surface area contributed by atoms with Gasteiger partial charge in [0, 0.05) is 18.2 Å². The molecule has 1 saturated carbocycles. The van der Waals surface area contributed by atoms with Crippen molar-refractivity contribution in [3.05, 3.63) is 40.2 Å². The van der Waals surface area contributed by atoms with Gasteiger partial charge in [-0.3, -0.25) is 0 Å². The minimum absolute atomic E-state index is 0.182. The highest BCUT2D eigenvalue weighted by molar-refractivity contribution is 6.30. The molecule has 18 heavy (non-hydrogen) atoms. The van der Waals surface area contributed by atoms with E-state index < -0.39 is 0 Å². The van der Waals surface area contributed by atoms with E-state index >= 15 is 0 Å². The Labute approximate surface area is 113 Å². The van der Waals surface area contributed by atoms with Crippen LogP contribution in [0, 0.1) is 11.7 Å². The Morgan fingerprint density at radius 3 is 2.83 bits per heavy atom. The molecule has 0 atom stereocenters. The topological polar surface area (TPSA) is 12.0 Å². The summed E-state index contributed by atoms with van der Waals surface area (Å²) in [5.41, 5.74) is 1.78. The lowest BCUT2D eigenvalue weighted by molar-refractivity contribution is 0.623. The molecule has 0 heterocycles. The quantitative estimate of drug-likeness (QED) is 0.840.